The topological polar surface area (TPSA) is 29.9 Å². The van der Waals surface area contributed by atoms with Crippen LogP contribution in [0.1, 0.15) is 24.4 Å². The molecule has 22 heavy (non-hydrogen) atoms. The van der Waals surface area contributed by atoms with Crippen LogP contribution < -0.4 is 5.32 Å². The molecule has 3 nitrogen and oxygen atoms in total. The first kappa shape index (κ1) is 14.5. The minimum atomic E-state index is 0.304. The first-order valence-corrected chi connectivity index (χ1v) is 7.60. The molecule has 0 saturated heterocycles. The lowest BCUT2D eigenvalue weighted by molar-refractivity contribution is 0.549. The summed E-state index contributed by atoms with van der Waals surface area (Å²) in [5.41, 5.74) is 3.47. The Kier molecular flexibility index (Phi) is 4.35. The maximum atomic E-state index is 4.75. The molecule has 0 unspecified atom stereocenters. The molecular formula is C19H21N3. The van der Waals surface area contributed by atoms with Crippen LogP contribution in [-0.2, 0) is 13.6 Å². The van der Waals surface area contributed by atoms with Gasteiger partial charge >= 0.3 is 0 Å². The molecule has 112 valence electrons. The summed E-state index contributed by atoms with van der Waals surface area (Å²) in [6.45, 7) is 2.93. The minimum absolute atomic E-state index is 0.304. The number of benzene rings is 2. The van der Waals surface area contributed by atoms with Gasteiger partial charge in [-0.25, -0.2) is 4.98 Å². The van der Waals surface area contributed by atoms with Crippen molar-refractivity contribution >= 4 is 0 Å². The lowest BCUT2D eigenvalue weighted by Crippen LogP contribution is -2.20. The molecule has 3 heteroatoms. The van der Waals surface area contributed by atoms with Crippen molar-refractivity contribution in [3.05, 3.63) is 78.2 Å². The number of rotatable bonds is 5. The third-order valence-corrected chi connectivity index (χ3v) is 3.91. The number of aryl methyl sites for hydroxylation is 1. The molecular weight excluding hydrogens is 270 g/mol. The summed E-state index contributed by atoms with van der Waals surface area (Å²) >= 11 is 0. The van der Waals surface area contributed by atoms with Crippen LogP contribution in [0.3, 0.4) is 0 Å². The molecule has 1 heterocycles. The van der Waals surface area contributed by atoms with Gasteiger partial charge in [0.05, 0.1) is 12.2 Å². The van der Waals surface area contributed by atoms with Gasteiger partial charge in [-0.2, -0.15) is 0 Å². The first-order chi connectivity index (χ1) is 10.7. The van der Waals surface area contributed by atoms with Crippen molar-refractivity contribution in [3.8, 4) is 11.3 Å². The second-order valence-electron chi connectivity index (χ2n) is 5.53. The number of hydrogen-bond donors (Lipinski definition) is 1. The van der Waals surface area contributed by atoms with Gasteiger partial charge in [-0.3, -0.25) is 0 Å². The summed E-state index contributed by atoms with van der Waals surface area (Å²) in [6, 6.07) is 21.1. The molecule has 3 aromatic rings. The maximum absolute atomic E-state index is 4.75. The highest BCUT2D eigenvalue weighted by Gasteiger charge is 2.09. The van der Waals surface area contributed by atoms with Crippen molar-refractivity contribution < 1.29 is 0 Å². The summed E-state index contributed by atoms with van der Waals surface area (Å²) in [5.74, 6) is 1.04. The quantitative estimate of drug-likeness (QED) is 0.771. The first-order valence-electron chi connectivity index (χ1n) is 7.60. The van der Waals surface area contributed by atoms with Crippen LogP contribution in [0.4, 0.5) is 0 Å². The fourth-order valence-electron chi connectivity index (χ4n) is 2.52. The van der Waals surface area contributed by atoms with E-state index in [-0.39, 0.29) is 0 Å². The smallest absolute Gasteiger partial charge is 0.123 e. The van der Waals surface area contributed by atoms with E-state index in [1.807, 2.05) is 31.3 Å². The Bertz CT molecular complexity index is 717. The second kappa shape index (κ2) is 6.58. The molecule has 0 aliphatic rings. The van der Waals surface area contributed by atoms with E-state index in [1.54, 1.807) is 0 Å². The van der Waals surface area contributed by atoms with Gasteiger partial charge in [-0.1, -0.05) is 60.7 Å². The van der Waals surface area contributed by atoms with E-state index in [0.29, 0.717) is 6.04 Å². The summed E-state index contributed by atoms with van der Waals surface area (Å²) in [6.07, 6.45) is 2.08. The normalized spacial score (nSPS) is 12.3. The Morgan fingerprint density at radius 2 is 1.64 bits per heavy atom. The monoisotopic (exact) mass is 291 g/mol. The minimum Gasteiger partial charge on any atom is -0.336 e. The van der Waals surface area contributed by atoms with Crippen molar-refractivity contribution in [2.75, 3.05) is 0 Å². The lowest BCUT2D eigenvalue weighted by Gasteiger charge is -2.13. The number of hydrogen-bond acceptors (Lipinski definition) is 2. The van der Waals surface area contributed by atoms with Gasteiger partial charge in [0.25, 0.3) is 0 Å². The summed E-state index contributed by atoms with van der Waals surface area (Å²) in [4.78, 5) is 4.75. The predicted octanol–water partition coefficient (Wildman–Crippen LogP) is 3.94. The van der Waals surface area contributed by atoms with E-state index in [4.69, 9.17) is 4.98 Å². The Morgan fingerprint density at radius 1 is 1.00 bits per heavy atom. The Labute approximate surface area is 131 Å². The van der Waals surface area contributed by atoms with Crippen LogP contribution in [-0.4, -0.2) is 9.55 Å². The molecule has 3 rings (SSSR count). The van der Waals surface area contributed by atoms with Crippen molar-refractivity contribution in [2.24, 2.45) is 7.05 Å². The van der Waals surface area contributed by atoms with Crippen LogP contribution in [0.2, 0.25) is 0 Å². The molecule has 1 atom stereocenters. The molecule has 0 radical (unpaired) electrons. The number of nitrogens with one attached hydrogen (secondary N) is 1. The van der Waals surface area contributed by atoms with E-state index in [2.05, 4.69) is 59.4 Å². The Balaban J connectivity index is 1.70. The SMILES string of the molecule is C[C@@H](NCc1nc(-c2ccccc2)cn1C)c1ccccc1. The molecule has 2 aromatic carbocycles. The third-order valence-electron chi connectivity index (χ3n) is 3.91. The molecule has 0 amide bonds. The molecule has 0 saturated carbocycles. The summed E-state index contributed by atoms with van der Waals surface area (Å²) < 4.78 is 2.09. The predicted molar refractivity (Wildman–Crippen MR) is 90.3 cm³/mol. The van der Waals surface area contributed by atoms with Crippen molar-refractivity contribution in [1.29, 1.82) is 0 Å². The molecule has 0 spiro atoms. The van der Waals surface area contributed by atoms with E-state index in [1.165, 1.54) is 5.56 Å². The second-order valence-corrected chi connectivity index (χ2v) is 5.53. The molecule has 0 aliphatic carbocycles. The fourth-order valence-corrected chi connectivity index (χ4v) is 2.52. The zero-order valence-corrected chi connectivity index (χ0v) is 13.0. The van der Waals surface area contributed by atoms with Crippen LogP contribution in [0.15, 0.2) is 66.9 Å². The standard InChI is InChI=1S/C19H21N3/c1-15(16-9-5-3-6-10-16)20-13-19-21-18(14-22(19)2)17-11-7-4-8-12-17/h3-12,14-15,20H,13H2,1-2H3/t15-/m1/s1. The highest BCUT2D eigenvalue weighted by molar-refractivity contribution is 5.58. The van der Waals surface area contributed by atoms with Gasteiger partial charge in [-0.05, 0) is 12.5 Å². The maximum Gasteiger partial charge on any atom is 0.123 e. The van der Waals surface area contributed by atoms with Gasteiger partial charge in [0.1, 0.15) is 5.82 Å². The molecule has 0 aliphatic heterocycles. The van der Waals surface area contributed by atoms with Gasteiger partial charge < -0.3 is 9.88 Å². The molecule has 1 N–H and O–H groups in total. The van der Waals surface area contributed by atoms with E-state index in [9.17, 15) is 0 Å². The van der Waals surface area contributed by atoms with Crippen LogP contribution >= 0.6 is 0 Å². The molecule has 0 fully saturated rings. The van der Waals surface area contributed by atoms with E-state index < -0.39 is 0 Å². The van der Waals surface area contributed by atoms with Crippen LogP contribution in [0.25, 0.3) is 11.3 Å². The van der Waals surface area contributed by atoms with Gasteiger partial charge in [0, 0.05) is 24.8 Å². The number of nitrogens with zero attached hydrogens (tertiary/aromatic N) is 2. The van der Waals surface area contributed by atoms with Gasteiger partial charge in [-0.15, -0.1) is 0 Å². The fraction of sp³-hybridized carbons (Fsp3) is 0.211. The summed E-state index contributed by atoms with van der Waals surface area (Å²) in [7, 11) is 2.05. The zero-order chi connectivity index (χ0) is 15.4. The highest BCUT2D eigenvalue weighted by atomic mass is 15.1. The summed E-state index contributed by atoms with van der Waals surface area (Å²) in [5, 5.41) is 3.54. The molecule has 1 aromatic heterocycles. The largest absolute Gasteiger partial charge is 0.336 e. The number of aromatic nitrogens is 2. The third kappa shape index (κ3) is 3.26. The number of imidazole rings is 1. The zero-order valence-electron chi connectivity index (χ0n) is 13.0. The average molecular weight is 291 g/mol. The van der Waals surface area contributed by atoms with Crippen LogP contribution in [0.5, 0.6) is 0 Å². The van der Waals surface area contributed by atoms with Gasteiger partial charge in [0.15, 0.2) is 0 Å². The van der Waals surface area contributed by atoms with Crippen molar-refractivity contribution in [3.63, 3.8) is 0 Å². The average Bonchev–Trinajstić information content (AvgIpc) is 2.95. The lowest BCUT2D eigenvalue weighted by atomic mass is 10.1. The van der Waals surface area contributed by atoms with Gasteiger partial charge in [0.2, 0.25) is 0 Å². The van der Waals surface area contributed by atoms with Crippen molar-refractivity contribution in [1.82, 2.24) is 14.9 Å². The van der Waals surface area contributed by atoms with E-state index >= 15 is 0 Å². The highest BCUT2D eigenvalue weighted by Crippen LogP contribution is 2.18. The molecule has 0 bridgehead atoms. The van der Waals surface area contributed by atoms with E-state index in [0.717, 1.165) is 23.6 Å². The van der Waals surface area contributed by atoms with Crippen LogP contribution in [0, 0.1) is 0 Å². The Hall–Kier alpha value is -2.39. The van der Waals surface area contributed by atoms with Crippen molar-refractivity contribution in [2.45, 2.75) is 19.5 Å². The Morgan fingerprint density at radius 3 is 2.32 bits per heavy atom.